The van der Waals surface area contributed by atoms with Crippen LogP contribution in [0.2, 0.25) is 0 Å². The van der Waals surface area contributed by atoms with E-state index >= 15 is 0 Å². The van der Waals surface area contributed by atoms with Crippen LogP contribution in [0.25, 0.3) is 0 Å². The highest BCUT2D eigenvalue weighted by Crippen LogP contribution is 2.41. The number of nitrogens with one attached hydrogen (secondary N) is 1. The van der Waals surface area contributed by atoms with E-state index in [-0.39, 0.29) is 0 Å². The molecule has 2 unspecified atom stereocenters. The van der Waals surface area contributed by atoms with Gasteiger partial charge in [0.2, 0.25) is 0 Å². The van der Waals surface area contributed by atoms with E-state index in [1.807, 2.05) is 0 Å². The van der Waals surface area contributed by atoms with Crippen LogP contribution in [0.1, 0.15) is 46.0 Å². The van der Waals surface area contributed by atoms with Gasteiger partial charge in [0.1, 0.15) is 0 Å². The molecule has 0 aromatic carbocycles. The van der Waals surface area contributed by atoms with Crippen molar-refractivity contribution in [3.8, 4) is 0 Å². The van der Waals surface area contributed by atoms with Gasteiger partial charge in [-0.3, -0.25) is 0 Å². The minimum absolute atomic E-state index is 0.962. The van der Waals surface area contributed by atoms with Crippen LogP contribution in [-0.2, 0) is 0 Å². The Kier molecular flexibility index (Phi) is 3.10. The van der Waals surface area contributed by atoms with Crippen LogP contribution in [0.4, 0.5) is 0 Å². The number of hydrogen-bond donors (Lipinski definition) is 1. The molecule has 64 valence electrons. The third kappa shape index (κ3) is 3.04. The third-order valence-electron chi connectivity index (χ3n) is 2.64. The third-order valence-corrected chi connectivity index (χ3v) is 2.64. The molecule has 0 heterocycles. The standard InChI is InChI=1S/C10H19N/c1-3-4-10(11)6-5-9-7-8(9)2/h8-9,11H,3-7H2,1-2H3. The van der Waals surface area contributed by atoms with Crippen LogP contribution in [0.3, 0.4) is 0 Å². The number of hydrogen-bond acceptors (Lipinski definition) is 1. The Morgan fingerprint density at radius 1 is 1.45 bits per heavy atom. The topological polar surface area (TPSA) is 23.9 Å². The molecule has 0 radical (unpaired) electrons. The minimum atomic E-state index is 0.962. The molecule has 1 aliphatic carbocycles. The molecule has 0 saturated heterocycles. The van der Waals surface area contributed by atoms with Crippen molar-refractivity contribution in [1.29, 1.82) is 5.41 Å². The summed E-state index contributed by atoms with van der Waals surface area (Å²) >= 11 is 0. The Balaban J connectivity index is 1.98. The van der Waals surface area contributed by atoms with Gasteiger partial charge in [-0.1, -0.05) is 20.3 Å². The van der Waals surface area contributed by atoms with Crippen molar-refractivity contribution in [1.82, 2.24) is 0 Å². The van der Waals surface area contributed by atoms with Gasteiger partial charge in [-0.2, -0.15) is 0 Å². The second kappa shape index (κ2) is 3.89. The van der Waals surface area contributed by atoms with Gasteiger partial charge in [0, 0.05) is 5.71 Å². The van der Waals surface area contributed by atoms with Crippen molar-refractivity contribution < 1.29 is 0 Å². The molecule has 1 N–H and O–H groups in total. The molecule has 1 fully saturated rings. The lowest BCUT2D eigenvalue weighted by molar-refractivity contribution is 0.688. The van der Waals surface area contributed by atoms with Crippen LogP contribution in [-0.4, -0.2) is 5.71 Å². The van der Waals surface area contributed by atoms with Gasteiger partial charge >= 0.3 is 0 Å². The molecule has 1 nitrogen and oxygen atoms in total. The van der Waals surface area contributed by atoms with Crippen LogP contribution in [0, 0.1) is 17.2 Å². The molecule has 0 amide bonds. The predicted molar refractivity (Wildman–Crippen MR) is 49.1 cm³/mol. The van der Waals surface area contributed by atoms with E-state index in [0.717, 1.165) is 36.8 Å². The molecule has 11 heavy (non-hydrogen) atoms. The highest BCUT2D eigenvalue weighted by Gasteiger charge is 2.31. The van der Waals surface area contributed by atoms with Crippen LogP contribution in [0.15, 0.2) is 0 Å². The summed E-state index contributed by atoms with van der Waals surface area (Å²) in [6, 6.07) is 0. The Morgan fingerprint density at radius 3 is 2.55 bits per heavy atom. The van der Waals surface area contributed by atoms with Crippen molar-refractivity contribution in [3.63, 3.8) is 0 Å². The van der Waals surface area contributed by atoms with Crippen LogP contribution >= 0.6 is 0 Å². The minimum Gasteiger partial charge on any atom is -0.310 e. The maximum atomic E-state index is 7.58. The van der Waals surface area contributed by atoms with E-state index in [4.69, 9.17) is 5.41 Å². The summed E-state index contributed by atoms with van der Waals surface area (Å²) in [5, 5.41) is 7.58. The van der Waals surface area contributed by atoms with Crippen LogP contribution < -0.4 is 0 Å². The van der Waals surface area contributed by atoms with Gasteiger partial charge < -0.3 is 5.41 Å². The molecular formula is C10H19N. The first-order chi connectivity index (χ1) is 5.24. The first-order valence-corrected chi connectivity index (χ1v) is 4.80. The van der Waals surface area contributed by atoms with Gasteiger partial charge in [-0.05, 0) is 37.5 Å². The van der Waals surface area contributed by atoms with Gasteiger partial charge in [0.25, 0.3) is 0 Å². The molecule has 1 rings (SSSR count). The summed E-state index contributed by atoms with van der Waals surface area (Å²) in [6.07, 6.45) is 5.91. The molecular weight excluding hydrogens is 134 g/mol. The van der Waals surface area contributed by atoms with Crippen LogP contribution in [0.5, 0.6) is 0 Å². The van der Waals surface area contributed by atoms with E-state index in [9.17, 15) is 0 Å². The van der Waals surface area contributed by atoms with E-state index in [1.165, 1.54) is 12.8 Å². The Labute approximate surface area is 69.7 Å². The molecule has 0 bridgehead atoms. The summed E-state index contributed by atoms with van der Waals surface area (Å²) in [5.74, 6) is 1.93. The summed E-state index contributed by atoms with van der Waals surface area (Å²) < 4.78 is 0. The van der Waals surface area contributed by atoms with E-state index in [2.05, 4.69) is 13.8 Å². The van der Waals surface area contributed by atoms with Crippen molar-refractivity contribution in [2.45, 2.75) is 46.0 Å². The lowest BCUT2D eigenvalue weighted by Gasteiger charge is -1.99. The second-order valence-corrected chi connectivity index (χ2v) is 3.87. The second-order valence-electron chi connectivity index (χ2n) is 3.87. The Bertz CT molecular complexity index is 140. The normalized spacial score (nSPS) is 28.5. The van der Waals surface area contributed by atoms with Crippen molar-refractivity contribution in [3.05, 3.63) is 0 Å². The van der Waals surface area contributed by atoms with Gasteiger partial charge in [0.05, 0.1) is 0 Å². The summed E-state index contributed by atoms with van der Waals surface area (Å²) in [7, 11) is 0. The molecule has 2 atom stereocenters. The summed E-state index contributed by atoms with van der Waals surface area (Å²) in [6.45, 7) is 4.46. The fraction of sp³-hybridized carbons (Fsp3) is 0.900. The first-order valence-electron chi connectivity index (χ1n) is 4.80. The van der Waals surface area contributed by atoms with Crippen molar-refractivity contribution in [2.75, 3.05) is 0 Å². The molecule has 1 heteroatoms. The largest absolute Gasteiger partial charge is 0.310 e. The average Bonchev–Trinajstić information content (AvgIpc) is 2.63. The highest BCUT2D eigenvalue weighted by molar-refractivity contribution is 5.81. The maximum Gasteiger partial charge on any atom is 0.00891 e. The number of rotatable bonds is 5. The molecule has 0 aliphatic heterocycles. The van der Waals surface area contributed by atoms with E-state index in [0.29, 0.717) is 0 Å². The zero-order valence-electron chi connectivity index (χ0n) is 7.69. The van der Waals surface area contributed by atoms with E-state index in [1.54, 1.807) is 0 Å². The Hall–Kier alpha value is -0.330. The van der Waals surface area contributed by atoms with Gasteiger partial charge in [0.15, 0.2) is 0 Å². The molecule has 1 saturated carbocycles. The average molecular weight is 153 g/mol. The Morgan fingerprint density at radius 2 is 2.09 bits per heavy atom. The molecule has 0 spiro atoms. The van der Waals surface area contributed by atoms with Gasteiger partial charge in [-0.25, -0.2) is 0 Å². The zero-order valence-corrected chi connectivity index (χ0v) is 7.69. The first kappa shape index (κ1) is 8.76. The SMILES string of the molecule is CCCC(=N)CCC1CC1C. The maximum absolute atomic E-state index is 7.58. The molecule has 0 aromatic rings. The zero-order chi connectivity index (χ0) is 8.27. The predicted octanol–water partition coefficient (Wildman–Crippen LogP) is 3.24. The van der Waals surface area contributed by atoms with E-state index < -0.39 is 0 Å². The molecule has 0 aromatic heterocycles. The molecule has 1 aliphatic rings. The fourth-order valence-corrected chi connectivity index (χ4v) is 1.59. The lowest BCUT2D eigenvalue weighted by Crippen LogP contribution is -1.96. The summed E-state index contributed by atoms with van der Waals surface area (Å²) in [4.78, 5) is 0. The monoisotopic (exact) mass is 153 g/mol. The smallest absolute Gasteiger partial charge is 0.00891 e. The van der Waals surface area contributed by atoms with Crippen molar-refractivity contribution >= 4 is 5.71 Å². The quantitative estimate of drug-likeness (QED) is 0.586. The fourth-order valence-electron chi connectivity index (χ4n) is 1.59. The van der Waals surface area contributed by atoms with Gasteiger partial charge in [-0.15, -0.1) is 0 Å². The van der Waals surface area contributed by atoms with Crippen molar-refractivity contribution in [2.24, 2.45) is 11.8 Å². The lowest BCUT2D eigenvalue weighted by atomic mass is 10.1. The highest BCUT2D eigenvalue weighted by atomic mass is 14.4. The summed E-state index contributed by atoms with van der Waals surface area (Å²) in [5.41, 5.74) is 0.964.